The Morgan fingerprint density at radius 3 is 2.52 bits per heavy atom. The predicted octanol–water partition coefficient (Wildman–Crippen LogP) is 4.44. The number of aromatic amines is 1. The molecular formula is C20H20N2O. The predicted molar refractivity (Wildman–Crippen MR) is 93.2 cm³/mol. The third-order valence-corrected chi connectivity index (χ3v) is 4.91. The van der Waals surface area contributed by atoms with Crippen LogP contribution in [0.2, 0.25) is 0 Å². The van der Waals surface area contributed by atoms with Gasteiger partial charge in [0.05, 0.1) is 11.7 Å². The van der Waals surface area contributed by atoms with Gasteiger partial charge in [0, 0.05) is 29.9 Å². The molecule has 1 saturated heterocycles. The van der Waals surface area contributed by atoms with Crippen molar-refractivity contribution < 1.29 is 4.79 Å². The van der Waals surface area contributed by atoms with Crippen molar-refractivity contribution in [2.45, 2.75) is 25.8 Å². The Kier molecular flexibility index (Phi) is 3.22. The summed E-state index contributed by atoms with van der Waals surface area (Å²) in [7, 11) is 1.92. The second-order valence-electron chi connectivity index (χ2n) is 6.38. The molecule has 1 N–H and O–H groups in total. The van der Waals surface area contributed by atoms with Crippen LogP contribution in [0.5, 0.6) is 0 Å². The molecule has 2 aromatic carbocycles. The third kappa shape index (κ3) is 2.24. The van der Waals surface area contributed by atoms with Crippen LogP contribution in [0.1, 0.15) is 30.0 Å². The highest BCUT2D eigenvalue weighted by Crippen LogP contribution is 2.41. The Balaban J connectivity index is 1.95. The zero-order valence-electron chi connectivity index (χ0n) is 13.5. The van der Waals surface area contributed by atoms with Gasteiger partial charge < -0.3 is 9.88 Å². The number of hydrogen-bond donors (Lipinski definition) is 1. The first-order chi connectivity index (χ1) is 11.1. The summed E-state index contributed by atoms with van der Waals surface area (Å²) in [6.07, 6.45) is 1.52. The van der Waals surface area contributed by atoms with E-state index in [0.717, 1.165) is 17.6 Å². The first kappa shape index (κ1) is 14.1. The number of aryl methyl sites for hydroxylation is 1. The number of rotatable bonds is 2. The Bertz CT molecular complexity index is 876. The van der Waals surface area contributed by atoms with Gasteiger partial charge in [0.25, 0.3) is 0 Å². The molecule has 0 unspecified atom stereocenters. The van der Waals surface area contributed by atoms with Crippen molar-refractivity contribution >= 4 is 16.8 Å². The van der Waals surface area contributed by atoms with Crippen molar-refractivity contribution in [2.24, 2.45) is 0 Å². The van der Waals surface area contributed by atoms with E-state index in [4.69, 9.17) is 0 Å². The van der Waals surface area contributed by atoms with Gasteiger partial charge in [0.15, 0.2) is 0 Å². The average molecular weight is 304 g/mol. The number of fused-ring (bicyclic) bond motifs is 1. The lowest BCUT2D eigenvalue weighted by atomic mass is 9.97. The standard InChI is InChI=1S/C20H20N2O/c1-13-7-9-14(10-8-13)20-19(17-11-12-18(23)22(17)2)15-5-3-4-6-16(15)21-20/h3-10,17,21H,11-12H2,1-2H3/t17-/m1/s1. The van der Waals surface area contributed by atoms with Crippen LogP contribution < -0.4 is 0 Å². The van der Waals surface area contributed by atoms with Gasteiger partial charge in [-0.2, -0.15) is 0 Å². The van der Waals surface area contributed by atoms with Gasteiger partial charge in [-0.05, 0) is 25.0 Å². The fourth-order valence-corrected chi connectivity index (χ4v) is 3.60. The quantitative estimate of drug-likeness (QED) is 0.746. The smallest absolute Gasteiger partial charge is 0.222 e. The molecule has 4 rings (SSSR count). The number of carbonyl (C=O) groups is 1. The second kappa shape index (κ2) is 5.27. The van der Waals surface area contributed by atoms with Gasteiger partial charge in [0.2, 0.25) is 5.91 Å². The maximum atomic E-state index is 12.0. The molecule has 0 radical (unpaired) electrons. The molecule has 0 spiro atoms. The van der Waals surface area contributed by atoms with E-state index in [1.807, 2.05) is 18.0 Å². The van der Waals surface area contributed by atoms with E-state index in [1.54, 1.807) is 0 Å². The SMILES string of the molecule is Cc1ccc(-c2[nH]c3ccccc3c2[C@H]2CCC(=O)N2C)cc1. The highest BCUT2D eigenvalue weighted by Gasteiger charge is 2.32. The van der Waals surface area contributed by atoms with Crippen LogP contribution in [-0.4, -0.2) is 22.8 Å². The van der Waals surface area contributed by atoms with Gasteiger partial charge in [-0.3, -0.25) is 4.79 Å². The van der Waals surface area contributed by atoms with Crippen molar-refractivity contribution in [1.29, 1.82) is 0 Å². The van der Waals surface area contributed by atoms with E-state index in [2.05, 4.69) is 54.4 Å². The van der Waals surface area contributed by atoms with E-state index in [-0.39, 0.29) is 11.9 Å². The molecular weight excluding hydrogens is 284 g/mol. The van der Waals surface area contributed by atoms with Crippen LogP contribution >= 0.6 is 0 Å². The van der Waals surface area contributed by atoms with Crippen LogP contribution in [0.15, 0.2) is 48.5 Å². The lowest BCUT2D eigenvalue weighted by Crippen LogP contribution is -2.22. The molecule has 3 aromatic rings. The van der Waals surface area contributed by atoms with E-state index in [0.29, 0.717) is 6.42 Å². The monoisotopic (exact) mass is 304 g/mol. The molecule has 1 amide bonds. The van der Waals surface area contributed by atoms with Crippen molar-refractivity contribution in [3.05, 3.63) is 59.7 Å². The van der Waals surface area contributed by atoms with E-state index in [1.165, 1.54) is 22.1 Å². The molecule has 2 heterocycles. The van der Waals surface area contributed by atoms with Crippen LogP contribution in [-0.2, 0) is 4.79 Å². The molecule has 1 aliphatic heterocycles. The average Bonchev–Trinajstić information content (AvgIpc) is 3.09. The fraction of sp³-hybridized carbons (Fsp3) is 0.250. The number of H-pyrrole nitrogens is 1. The summed E-state index contributed by atoms with van der Waals surface area (Å²) >= 11 is 0. The number of likely N-dealkylation sites (tertiary alicyclic amines) is 1. The van der Waals surface area contributed by atoms with Crippen LogP contribution in [0.25, 0.3) is 22.2 Å². The zero-order valence-corrected chi connectivity index (χ0v) is 13.5. The molecule has 0 aliphatic carbocycles. The molecule has 116 valence electrons. The summed E-state index contributed by atoms with van der Waals surface area (Å²) in [6, 6.07) is 17.1. The van der Waals surface area contributed by atoms with Crippen LogP contribution in [0.3, 0.4) is 0 Å². The van der Waals surface area contributed by atoms with Crippen molar-refractivity contribution in [2.75, 3.05) is 7.05 Å². The first-order valence-corrected chi connectivity index (χ1v) is 8.08. The summed E-state index contributed by atoms with van der Waals surface area (Å²) in [6.45, 7) is 2.10. The van der Waals surface area contributed by atoms with Gasteiger partial charge in [-0.25, -0.2) is 0 Å². The molecule has 23 heavy (non-hydrogen) atoms. The number of hydrogen-bond acceptors (Lipinski definition) is 1. The fourth-order valence-electron chi connectivity index (χ4n) is 3.60. The number of benzene rings is 2. The molecule has 1 atom stereocenters. The maximum Gasteiger partial charge on any atom is 0.222 e. The zero-order chi connectivity index (χ0) is 16.0. The third-order valence-electron chi connectivity index (χ3n) is 4.91. The van der Waals surface area contributed by atoms with Crippen molar-refractivity contribution in [3.8, 4) is 11.3 Å². The Morgan fingerprint density at radius 1 is 1.09 bits per heavy atom. The van der Waals surface area contributed by atoms with Crippen LogP contribution in [0.4, 0.5) is 0 Å². The number of aromatic nitrogens is 1. The van der Waals surface area contributed by atoms with Crippen molar-refractivity contribution in [3.63, 3.8) is 0 Å². The number of nitrogens with one attached hydrogen (secondary N) is 1. The molecule has 3 nitrogen and oxygen atoms in total. The van der Waals surface area contributed by atoms with Gasteiger partial charge >= 0.3 is 0 Å². The van der Waals surface area contributed by atoms with Crippen LogP contribution in [0, 0.1) is 6.92 Å². The molecule has 0 saturated carbocycles. The van der Waals surface area contributed by atoms with Crippen molar-refractivity contribution in [1.82, 2.24) is 9.88 Å². The lowest BCUT2D eigenvalue weighted by Gasteiger charge is -2.21. The Morgan fingerprint density at radius 2 is 1.83 bits per heavy atom. The normalized spacial score (nSPS) is 18.1. The highest BCUT2D eigenvalue weighted by atomic mass is 16.2. The molecule has 0 bridgehead atoms. The molecule has 1 fully saturated rings. The van der Waals surface area contributed by atoms with Gasteiger partial charge in [0.1, 0.15) is 0 Å². The summed E-state index contributed by atoms with van der Waals surface area (Å²) in [5, 5.41) is 1.22. The summed E-state index contributed by atoms with van der Waals surface area (Å²) in [5.41, 5.74) is 5.94. The minimum Gasteiger partial charge on any atom is -0.354 e. The highest BCUT2D eigenvalue weighted by molar-refractivity contribution is 5.92. The van der Waals surface area contributed by atoms with E-state index >= 15 is 0 Å². The topological polar surface area (TPSA) is 36.1 Å². The minimum absolute atomic E-state index is 0.148. The van der Waals surface area contributed by atoms with E-state index in [9.17, 15) is 4.79 Å². The molecule has 1 aliphatic rings. The number of para-hydroxylation sites is 1. The first-order valence-electron chi connectivity index (χ1n) is 8.08. The largest absolute Gasteiger partial charge is 0.354 e. The summed E-state index contributed by atoms with van der Waals surface area (Å²) in [4.78, 5) is 17.5. The number of nitrogens with zero attached hydrogens (tertiary/aromatic N) is 1. The minimum atomic E-state index is 0.148. The van der Waals surface area contributed by atoms with Gasteiger partial charge in [-0.1, -0.05) is 48.0 Å². The molecule has 3 heteroatoms. The van der Waals surface area contributed by atoms with Gasteiger partial charge in [-0.15, -0.1) is 0 Å². The lowest BCUT2D eigenvalue weighted by molar-refractivity contribution is -0.127. The summed E-state index contributed by atoms with van der Waals surface area (Å²) in [5.74, 6) is 0.232. The second-order valence-corrected chi connectivity index (χ2v) is 6.38. The Hall–Kier alpha value is -2.55. The maximum absolute atomic E-state index is 12.0. The summed E-state index contributed by atoms with van der Waals surface area (Å²) < 4.78 is 0. The van der Waals surface area contributed by atoms with E-state index < -0.39 is 0 Å². The Labute approximate surface area is 135 Å². The number of amides is 1. The number of carbonyl (C=O) groups excluding carboxylic acids is 1. The molecule has 1 aromatic heterocycles.